The van der Waals surface area contributed by atoms with Crippen molar-refractivity contribution in [1.82, 2.24) is 4.98 Å². The van der Waals surface area contributed by atoms with Gasteiger partial charge in [0.15, 0.2) is 18.1 Å². The van der Waals surface area contributed by atoms with Gasteiger partial charge in [0.1, 0.15) is 5.75 Å². The molecular weight excluding hydrogens is 396 g/mol. The van der Waals surface area contributed by atoms with Crippen molar-refractivity contribution >= 4 is 28.2 Å². The van der Waals surface area contributed by atoms with Gasteiger partial charge in [-0.15, -0.1) is 0 Å². The van der Waals surface area contributed by atoms with E-state index in [4.69, 9.17) is 9.47 Å². The highest BCUT2D eigenvalue weighted by Crippen LogP contribution is 2.32. The highest BCUT2D eigenvalue weighted by atomic mass is 32.2. The van der Waals surface area contributed by atoms with Gasteiger partial charge in [-0.2, -0.15) is 0 Å². The van der Waals surface area contributed by atoms with Crippen LogP contribution in [0.4, 0.5) is 5.69 Å². The van der Waals surface area contributed by atoms with Crippen molar-refractivity contribution in [2.45, 2.75) is 19.1 Å². The molecule has 1 aromatic heterocycles. The summed E-state index contributed by atoms with van der Waals surface area (Å²) in [6, 6.07) is 6.11. The number of benzene rings is 1. The summed E-state index contributed by atoms with van der Waals surface area (Å²) in [7, 11) is 0.0999. The van der Waals surface area contributed by atoms with Crippen molar-refractivity contribution in [3.63, 3.8) is 0 Å². The number of carbonyl (C=O) groups is 2. The molecule has 8 nitrogen and oxygen atoms in total. The van der Waals surface area contributed by atoms with E-state index in [1.165, 1.54) is 17.2 Å². The summed E-state index contributed by atoms with van der Waals surface area (Å²) >= 11 is 0. The Kier molecular flexibility index (Phi) is 6.48. The zero-order chi connectivity index (χ0) is 21.0. The Morgan fingerprint density at radius 3 is 2.83 bits per heavy atom. The molecule has 1 aliphatic rings. The smallest absolute Gasteiger partial charge is 0.264 e. The summed E-state index contributed by atoms with van der Waals surface area (Å²) < 4.78 is 23.1. The lowest BCUT2D eigenvalue weighted by molar-refractivity contribution is -0.120. The number of rotatable bonds is 8. The van der Waals surface area contributed by atoms with Gasteiger partial charge in [-0.25, -0.2) is 0 Å². The first-order chi connectivity index (χ1) is 13.9. The van der Waals surface area contributed by atoms with Gasteiger partial charge < -0.3 is 19.4 Å². The Labute approximate surface area is 170 Å². The minimum atomic E-state index is -1.51. The predicted molar refractivity (Wildman–Crippen MR) is 109 cm³/mol. The molecule has 0 aliphatic carbocycles. The Hall–Kier alpha value is -2.94. The molecule has 154 valence electrons. The van der Waals surface area contributed by atoms with Crippen LogP contribution in [0.5, 0.6) is 11.5 Å². The lowest BCUT2D eigenvalue weighted by Crippen LogP contribution is -2.35. The number of amides is 1. The Bertz CT molecular complexity index is 1020. The fraction of sp³-hybridized carbons (Fsp3) is 0.350. The number of ether oxygens (including phenoxy) is 2. The maximum absolute atomic E-state index is 12.5. The van der Waals surface area contributed by atoms with Crippen LogP contribution in [0.25, 0.3) is 0 Å². The third-order valence-electron chi connectivity index (χ3n) is 4.37. The number of carbonyl (C=O) groups excluding carboxylic acids is 2. The predicted octanol–water partition coefficient (Wildman–Crippen LogP) is 1.65. The maximum atomic E-state index is 12.5. The van der Waals surface area contributed by atoms with Crippen molar-refractivity contribution < 1.29 is 23.3 Å². The van der Waals surface area contributed by atoms with Crippen LogP contribution >= 0.6 is 0 Å². The molecule has 9 heteroatoms. The van der Waals surface area contributed by atoms with Crippen molar-refractivity contribution in [2.75, 3.05) is 30.9 Å². The number of hydrogen-bond acceptors (Lipinski definition) is 6. The minimum Gasteiger partial charge on any atom is -0.488 e. The van der Waals surface area contributed by atoms with E-state index in [1.54, 1.807) is 25.2 Å². The molecule has 1 aliphatic heterocycles. The zero-order valence-electron chi connectivity index (χ0n) is 16.2. The standard InChI is InChI=1S/C20H22N2O6S/c1-3-6-27-19-9-21-14(8-16(19)23)11-29(26)12-17(24)13-4-5-18-15(7-13)22(2)20(25)10-28-18/h4-5,7-9H,3,6,10-12H2,1-2H3,(H,21,23). The highest BCUT2D eigenvalue weighted by molar-refractivity contribution is 7.85. The SMILES string of the molecule is CCCOc1c[nH]c(CS(=O)CC(=O)c2ccc3c(c2)N(C)C(=O)CO3)cc1=O. The minimum absolute atomic E-state index is 0.0404. The number of H-pyrrole nitrogens is 1. The van der Waals surface area contributed by atoms with Gasteiger partial charge >= 0.3 is 0 Å². The molecule has 1 amide bonds. The molecule has 0 saturated carbocycles. The van der Waals surface area contributed by atoms with Crippen LogP contribution in [0.15, 0.2) is 35.3 Å². The Morgan fingerprint density at radius 2 is 2.10 bits per heavy atom. The zero-order valence-corrected chi connectivity index (χ0v) is 17.0. The molecule has 29 heavy (non-hydrogen) atoms. The molecule has 0 radical (unpaired) electrons. The summed E-state index contributed by atoms with van der Waals surface area (Å²) in [5.41, 5.74) is 1.02. The van der Waals surface area contributed by atoms with Crippen LogP contribution in [0.3, 0.4) is 0 Å². The summed E-state index contributed by atoms with van der Waals surface area (Å²) in [5, 5.41) is 0. The fourth-order valence-electron chi connectivity index (χ4n) is 2.81. The number of pyridine rings is 1. The van der Waals surface area contributed by atoms with E-state index < -0.39 is 10.8 Å². The molecule has 0 bridgehead atoms. The van der Waals surface area contributed by atoms with Gasteiger partial charge in [-0.3, -0.25) is 18.6 Å². The number of aromatic nitrogens is 1. The number of ketones is 1. The molecule has 2 aromatic rings. The number of nitrogens with zero attached hydrogens (tertiary/aromatic N) is 1. The third kappa shape index (κ3) is 4.92. The second-order valence-electron chi connectivity index (χ2n) is 6.61. The first-order valence-corrected chi connectivity index (χ1v) is 10.6. The number of nitrogens with one attached hydrogen (secondary N) is 1. The molecular formula is C20H22N2O6S. The maximum Gasteiger partial charge on any atom is 0.264 e. The average Bonchev–Trinajstić information content (AvgIpc) is 2.70. The number of fused-ring (bicyclic) bond motifs is 1. The van der Waals surface area contributed by atoms with Gasteiger partial charge in [0.05, 0.1) is 23.8 Å². The fourth-order valence-corrected chi connectivity index (χ4v) is 3.88. The van der Waals surface area contributed by atoms with E-state index in [1.807, 2.05) is 6.92 Å². The van der Waals surface area contributed by atoms with Gasteiger partial charge in [0.2, 0.25) is 5.43 Å². The topological polar surface area (TPSA) is 106 Å². The molecule has 1 N–H and O–H groups in total. The van der Waals surface area contributed by atoms with Gasteiger partial charge in [-0.05, 0) is 24.6 Å². The van der Waals surface area contributed by atoms with E-state index in [2.05, 4.69) is 4.98 Å². The van der Waals surface area contributed by atoms with Crippen LogP contribution in [-0.2, 0) is 21.3 Å². The monoisotopic (exact) mass is 418 g/mol. The summed E-state index contributed by atoms with van der Waals surface area (Å²) in [6.07, 6.45) is 2.23. The van der Waals surface area contributed by atoms with Crippen LogP contribution in [-0.4, -0.2) is 46.9 Å². The quantitative estimate of drug-likeness (QED) is 0.654. The van der Waals surface area contributed by atoms with E-state index in [-0.39, 0.29) is 41.0 Å². The lowest BCUT2D eigenvalue weighted by atomic mass is 10.1. The van der Waals surface area contributed by atoms with Crippen molar-refractivity contribution in [3.05, 3.63) is 51.9 Å². The highest BCUT2D eigenvalue weighted by Gasteiger charge is 2.23. The van der Waals surface area contributed by atoms with Crippen molar-refractivity contribution in [1.29, 1.82) is 0 Å². The summed E-state index contributed by atoms with van der Waals surface area (Å²) in [5.74, 6) is 0.0541. The van der Waals surface area contributed by atoms with Gasteiger partial charge in [0, 0.05) is 41.4 Å². The molecule has 1 atom stereocenters. The van der Waals surface area contributed by atoms with E-state index in [9.17, 15) is 18.6 Å². The largest absolute Gasteiger partial charge is 0.488 e. The Morgan fingerprint density at radius 1 is 1.31 bits per heavy atom. The molecule has 3 rings (SSSR count). The second-order valence-corrected chi connectivity index (χ2v) is 8.07. The van der Waals surface area contributed by atoms with E-state index in [0.29, 0.717) is 29.3 Å². The van der Waals surface area contributed by atoms with E-state index in [0.717, 1.165) is 6.42 Å². The molecule has 0 spiro atoms. The second kappa shape index (κ2) is 9.04. The molecule has 1 unspecified atom stereocenters. The van der Waals surface area contributed by atoms with Gasteiger partial charge in [0.25, 0.3) is 5.91 Å². The molecule has 0 saturated heterocycles. The molecule has 1 aromatic carbocycles. The molecule has 2 heterocycles. The normalized spacial score (nSPS) is 14.1. The lowest BCUT2D eigenvalue weighted by Gasteiger charge is -2.26. The molecule has 0 fully saturated rings. The summed E-state index contributed by atoms with van der Waals surface area (Å²) in [4.78, 5) is 40.6. The number of hydrogen-bond donors (Lipinski definition) is 1. The van der Waals surface area contributed by atoms with Crippen LogP contribution in [0.2, 0.25) is 0 Å². The third-order valence-corrected chi connectivity index (χ3v) is 5.59. The van der Waals surface area contributed by atoms with Crippen LogP contribution in [0, 0.1) is 0 Å². The van der Waals surface area contributed by atoms with Crippen molar-refractivity contribution in [2.24, 2.45) is 0 Å². The first kappa shape index (κ1) is 20.8. The van der Waals surface area contributed by atoms with E-state index >= 15 is 0 Å². The Balaban J connectivity index is 1.65. The van der Waals surface area contributed by atoms with Crippen LogP contribution < -0.4 is 19.8 Å². The number of likely N-dealkylation sites (N-methyl/N-ethyl adjacent to an activating group) is 1. The first-order valence-electron chi connectivity index (χ1n) is 9.15. The number of anilines is 1. The average molecular weight is 418 g/mol. The summed E-state index contributed by atoms with van der Waals surface area (Å²) in [6.45, 7) is 2.34. The van der Waals surface area contributed by atoms with Crippen molar-refractivity contribution in [3.8, 4) is 11.5 Å². The number of Topliss-reactive ketones (excluding diaryl/α,β-unsaturated/α-hetero) is 1. The van der Waals surface area contributed by atoms with Gasteiger partial charge in [-0.1, -0.05) is 6.92 Å². The number of aromatic amines is 1. The van der Waals surface area contributed by atoms with Crippen LogP contribution in [0.1, 0.15) is 29.4 Å².